The predicted octanol–water partition coefficient (Wildman–Crippen LogP) is 0.700. The highest BCUT2D eigenvalue weighted by atomic mass is 32.2. The van der Waals surface area contributed by atoms with E-state index in [1.165, 1.54) is 11.8 Å². The van der Waals surface area contributed by atoms with Crippen molar-refractivity contribution in [3.8, 4) is 0 Å². The molecule has 0 aliphatic rings. The molecule has 0 aliphatic carbocycles. The molecule has 1 amide bonds. The number of thioether (sulfide) groups is 1. The number of nitrogens with zero attached hydrogens (tertiary/aromatic N) is 2. The maximum atomic E-state index is 10.8. The van der Waals surface area contributed by atoms with Crippen molar-refractivity contribution in [3.05, 3.63) is 11.7 Å². The van der Waals surface area contributed by atoms with Crippen molar-refractivity contribution in [2.45, 2.75) is 32.1 Å². The van der Waals surface area contributed by atoms with Crippen molar-refractivity contribution in [2.24, 2.45) is 5.92 Å². The summed E-state index contributed by atoms with van der Waals surface area (Å²) in [5.41, 5.74) is 0. The van der Waals surface area contributed by atoms with Gasteiger partial charge in [-0.15, -0.1) is 11.8 Å². The van der Waals surface area contributed by atoms with Crippen LogP contribution in [0.25, 0.3) is 0 Å². The van der Waals surface area contributed by atoms with Gasteiger partial charge in [0.05, 0.1) is 5.75 Å². The molecule has 0 radical (unpaired) electrons. The molecule has 0 fully saturated rings. The lowest BCUT2D eigenvalue weighted by Gasteiger charge is -2.08. The first-order chi connectivity index (χ1) is 9.02. The molecule has 19 heavy (non-hydrogen) atoms. The normalized spacial score (nSPS) is 12.4. The molecule has 0 aliphatic heterocycles. The van der Waals surface area contributed by atoms with Crippen LogP contribution in [0.1, 0.15) is 25.6 Å². The average molecular weight is 287 g/mol. The van der Waals surface area contributed by atoms with Gasteiger partial charge < -0.3 is 14.9 Å². The number of carboxylic acids is 1. The fourth-order valence-electron chi connectivity index (χ4n) is 1.33. The molecular weight excluding hydrogens is 270 g/mol. The Kier molecular flexibility index (Phi) is 6.34. The topological polar surface area (TPSA) is 105 Å². The first kappa shape index (κ1) is 15.5. The van der Waals surface area contributed by atoms with Gasteiger partial charge in [-0.25, -0.2) is 4.79 Å². The van der Waals surface area contributed by atoms with Crippen LogP contribution < -0.4 is 5.32 Å². The number of carbonyl (C=O) groups excluding carboxylic acids is 1. The molecule has 1 heterocycles. The molecular formula is C11H17N3O4S. The van der Waals surface area contributed by atoms with Crippen molar-refractivity contribution < 1.29 is 19.2 Å². The maximum Gasteiger partial charge on any atom is 0.327 e. The Morgan fingerprint density at radius 2 is 2.32 bits per heavy atom. The minimum absolute atomic E-state index is 0.246. The predicted molar refractivity (Wildman–Crippen MR) is 69.6 cm³/mol. The van der Waals surface area contributed by atoms with Gasteiger partial charge in [-0.3, -0.25) is 4.79 Å². The zero-order chi connectivity index (χ0) is 14.3. The number of hydrogen-bond donors (Lipinski definition) is 2. The summed E-state index contributed by atoms with van der Waals surface area (Å²) < 4.78 is 5.05. The van der Waals surface area contributed by atoms with Gasteiger partial charge in [0.2, 0.25) is 12.3 Å². The number of aromatic nitrogens is 2. The minimum atomic E-state index is -1.06. The minimum Gasteiger partial charge on any atom is -0.480 e. The summed E-state index contributed by atoms with van der Waals surface area (Å²) in [5, 5.41) is 14.9. The van der Waals surface area contributed by atoms with Crippen LogP contribution in [0.4, 0.5) is 0 Å². The standard InChI is InChI=1S/C11H17N3O4S/c1-7(2)3-9-13-10(18-14-9)5-19-4-8(11(16)17)12-6-15/h6-8H,3-5H2,1-2H3,(H,12,15)(H,16,17). The van der Waals surface area contributed by atoms with Crippen LogP contribution in [0.15, 0.2) is 4.52 Å². The molecule has 0 spiro atoms. The molecule has 106 valence electrons. The molecule has 7 nitrogen and oxygen atoms in total. The van der Waals surface area contributed by atoms with Gasteiger partial charge in [0.15, 0.2) is 5.82 Å². The number of carboxylic acid groups (broad SMARTS) is 1. The number of rotatable bonds is 9. The Bertz CT molecular complexity index is 422. The fraction of sp³-hybridized carbons (Fsp3) is 0.636. The van der Waals surface area contributed by atoms with E-state index in [-0.39, 0.29) is 5.75 Å². The van der Waals surface area contributed by atoms with Crippen molar-refractivity contribution in [1.82, 2.24) is 15.5 Å². The fourth-order valence-corrected chi connectivity index (χ4v) is 2.22. The van der Waals surface area contributed by atoms with Gasteiger partial charge in [0.1, 0.15) is 6.04 Å². The Morgan fingerprint density at radius 3 is 2.89 bits per heavy atom. The second kappa shape index (κ2) is 7.78. The number of aliphatic carboxylic acids is 1. The van der Waals surface area contributed by atoms with Crippen molar-refractivity contribution >= 4 is 24.1 Å². The summed E-state index contributed by atoms with van der Waals surface area (Å²) in [6.07, 6.45) is 1.13. The molecule has 1 atom stereocenters. The lowest BCUT2D eigenvalue weighted by Crippen LogP contribution is -2.37. The molecule has 1 aromatic rings. The number of amides is 1. The highest BCUT2D eigenvalue weighted by Gasteiger charge is 2.16. The molecule has 0 saturated carbocycles. The van der Waals surface area contributed by atoms with Crippen molar-refractivity contribution in [2.75, 3.05) is 5.75 Å². The summed E-state index contributed by atoms with van der Waals surface area (Å²) in [7, 11) is 0. The van der Waals surface area contributed by atoms with E-state index in [0.717, 1.165) is 6.42 Å². The Labute approximate surface area is 115 Å². The van der Waals surface area contributed by atoms with Gasteiger partial charge in [0, 0.05) is 12.2 Å². The zero-order valence-electron chi connectivity index (χ0n) is 10.8. The quantitative estimate of drug-likeness (QED) is 0.644. The van der Waals surface area contributed by atoms with Gasteiger partial charge in [0.25, 0.3) is 0 Å². The third-order valence-electron chi connectivity index (χ3n) is 2.18. The molecule has 0 saturated heterocycles. The largest absolute Gasteiger partial charge is 0.480 e. The second-order valence-corrected chi connectivity index (χ2v) is 5.42. The lowest BCUT2D eigenvalue weighted by molar-refractivity contribution is -0.139. The second-order valence-electron chi connectivity index (χ2n) is 4.39. The highest BCUT2D eigenvalue weighted by Crippen LogP contribution is 2.13. The van der Waals surface area contributed by atoms with E-state index >= 15 is 0 Å². The van der Waals surface area contributed by atoms with Gasteiger partial charge in [-0.05, 0) is 5.92 Å². The molecule has 2 N–H and O–H groups in total. The van der Waals surface area contributed by atoms with Crippen molar-refractivity contribution in [1.29, 1.82) is 0 Å². The van der Waals surface area contributed by atoms with Crippen LogP contribution in [0.2, 0.25) is 0 Å². The summed E-state index contributed by atoms with van der Waals surface area (Å²) in [6.45, 7) is 4.13. The van der Waals surface area contributed by atoms with E-state index in [2.05, 4.69) is 29.3 Å². The third-order valence-corrected chi connectivity index (χ3v) is 3.20. The summed E-state index contributed by atoms with van der Waals surface area (Å²) in [4.78, 5) is 25.2. The monoisotopic (exact) mass is 287 g/mol. The van der Waals surface area contributed by atoms with Crippen LogP contribution in [-0.2, 0) is 21.8 Å². The zero-order valence-corrected chi connectivity index (χ0v) is 11.6. The van der Waals surface area contributed by atoms with Crippen LogP contribution in [0.5, 0.6) is 0 Å². The van der Waals surface area contributed by atoms with E-state index in [4.69, 9.17) is 9.63 Å². The number of hydrogen-bond acceptors (Lipinski definition) is 6. The molecule has 1 rings (SSSR count). The Morgan fingerprint density at radius 1 is 1.58 bits per heavy atom. The first-order valence-corrected chi connectivity index (χ1v) is 7.00. The number of carbonyl (C=O) groups is 2. The number of nitrogens with one attached hydrogen (secondary N) is 1. The summed E-state index contributed by atoms with van der Waals surface area (Å²) in [6, 6.07) is -0.902. The maximum absolute atomic E-state index is 10.8. The molecule has 0 aromatic carbocycles. The molecule has 1 unspecified atom stereocenters. The van der Waals surface area contributed by atoms with Gasteiger partial charge >= 0.3 is 5.97 Å². The van der Waals surface area contributed by atoms with Gasteiger partial charge in [-0.2, -0.15) is 4.98 Å². The smallest absolute Gasteiger partial charge is 0.327 e. The van der Waals surface area contributed by atoms with E-state index in [9.17, 15) is 9.59 Å². The van der Waals surface area contributed by atoms with Crippen LogP contribution in [0, 0.1) is 5.92 Å². The van der Waals surface area contributed by atoms with E-state index in [1.54, 1.807) is 0 Å². The Balaban J connectivity index is 2.37. The first-order valence-electron chi connectivity index (χ1n) is 5.84. The lowest BCUT2D eigenvalue weighted by atomic mass is 10.1. The molecule has 8 heteroatoms. The van der Waals surface area contributed by atoms with E-state index < -0.39 is 12.0 Å². The average Bonchev–Trinajstić information content (AvgIpc) is 2.74. The van der Waals surface area contributed by atoms with Crippen LogP contribution in [0.3, 0.4) is 0 Å². The van der Waals surface area contributed by atoms with Gasteiger partial charge in [-0.1, -0.05) is 19.0 Å². The third kappa shape index (κ3) is 5.73. The molecule has 1 aromatic heterocycles. The summed E-state index contributed by atoms with van der Waals surface area (Å²) in [5.74, 6) is 1.19. The van der Waals surface area contributed by atoms with E-state index in [1.807, 2.05) is 0 Å². The highest BCUT2D eigenvalue weighted by molar-refractivity contribution is 7.98. The summed E-state index contributed by atoms with van der Waals surface area (Å²) >= 11 is 1.32. The molecule has 0 bridgehead atoms. The van der Waals surface area contributed by atoms with E-state index in [0.29, 0.717) is 29.8 Å². The SMILES string of the molecule is CC(C)Cc1noc(CSCC(NC=O)C(=O)O)n1. The van der Waals surface area contributed by atoms with Crippen LogP contribution >= 0.6 is 11.8 Å². The Hall–Kier alpha value is -1.57. The van der Waals surface area contributed by atoms with Crippen molar-refractivity contribution in [3.63, 3.8) is 0 Å². The van der Waals surface area contributed by atoms with Crippen LogP contribution in [-0.4, -0.2) is 39.4 Å².